The lowest BCUT2D eigenvalue weighted by molar-refractivity contribution is 0.129. The fourth-order valence-electron chi connectivity index (χ4n) is 4.79. The first-order valence-corrected chi connectivity index (χ1v) is 11.3. The Morgan fingerprint density at radius 1 is 1.06 bits per heavy atom. The fraction of sp³-hybridized carbons (Fsp3) is 0.318. The number of cyclic esters (lactones) is 1. The number of nitrogens with zero attached hydrogens (tertiary/aromatic N) is 8. The molecule has 1 saturated heterocycles. The number of amides is 1. The third-order valence-electron chi connectivity index (χ3n) is 6.42. The average molecular weight is 497 g/mol. The van der Waals surface area contributed by atoms with Crippen LogP contribution in [0, 0.1) is 11.6 Å². The third kappa shape index (κ3) is 3.61. The van der Waals surface area contributed by atoms with Crippen LogP contribution in [0.4, 0.5) is 30.6 Å². The summed E-state index contributed by atoms with van der Waals surface area (Å²) in [4.78, 5) is 32.2. The molecule has 1 atom stereocenters. The average Bonchev–Trinajstić information content (AvgIpc) is 3.50. The van der Waals surface area contributed by atoms with Gasteiger partial charge in [-0.25, -0.2) is 27.9 Å². The topological polar surface area (TPSA) is 129 Å². The van der Waals surface area contributed by atoms with E-state index in [1.165, 1.54) is 26.7 Å². The maximum Gasteiger partial charge on any atom is 0.414 e. The molecular formula is C22H21F2N9O3. The number of pyridine rings is 1. The van der Waals surface area contributed by atoms with Crippen LogP contribution in [-0.4, -0.2) is 61.2 Å². The van der Waals surface area contributed by atoms with Crippen LogP contribution in [0.1, 0.15) is 0 Å². The predicted octanol–water partition coefficient (Wildman–Crippen LogP) is 1.20. The SMILES string of the molecule is Nc1cnc2c(c1)c(=O)n1n2CCN(c2c(F)cc(N3C[C@H](Cn4ccnn4)OC3=O)cc2F)CC1. The second-order valence-corrected chi connectivity index (χ2v) is 8.68. The minimum atomic E-state index is -0.813. The zero-order chi connectivity index (χ0) is 25.0. The normalized spacial score (nSPS) is 17.9. The molecule has 1 fully saturated rings. The first-order chi connectivity index (χ1) is 17.4. The number of carbonyl (C=O) groups excluding carboxylic acids is 1. The summed E-state index contributed by atoms with van der Waals surface area (Å²) in [5.74, 6) is -1.63. The number of nitrogens with two attached hydrogens (primary N) is 1. The smallest absolute Gasteiger partial charge is 0.414 e. The largest absolute Gasteiger partial charge is 0.442 e. The zero-order valence-corrected chi connectivity index (χ0v) is 18.9. The van der Waals surface area contributed by atoms with E-state index in [2.05, 4.69) is 15.3 Å². The van der Waals surface area contributed by atoms with Crippen LogP contribution < -0.4 is 21.1 Å². The molecule has 12 nitrogen and oxygen atoms in total. The molecule has 0 radical (unpaired) electrons. The molecule has 0 spiro atoms. The fourth-order valence-corrected chi connectivity index (χ4v) is 4.79. The van der Waals surface area contributed by atoms with E-state index in [0.29, 0.717) is 23.3 Å². The Morgan fingerprint density at radius 2 is 1.81 bits per heavy atom. The predicted molar refractivity (Wildman–Crippen MR) is 125 cm³/mol. The van der Waals surface area contributed by atoms with Gasteiger partial charge in [0, 0.05) is 31.4 Å². The number of ether oxygens (including phenoxy) is 1. The van der Waals surface area contributed by atoms with E-state index in [1.807, 2.05) is 0 Å². The number of halogens is 2. The van der Waals surface area contributed by atoms with Gasteiger partial charge in [-0.2, -0.15) is 0 Å². The highest BCUT2D eigenvalue weighted by Gasteiger charge is 2.34. The van der Waals surface area contributed by atoms with Gasteiger partial charge in [-0.15, -0.1) is 5.10 Å². The van der Waals surface area contributed by atoms with Crippen molar-refractivity contribution in [3.05, 3.63) is 58.8 Å². The highest BCUT2D eigenvalue weighted by atomic mass is 19.1. The molecule has 2 aliphatic rings. The molecule has 36 heavy (non-hydrogen) atoms. The van der Waals surface area contributed by atoms with Crippen molar-refractivity contribution in [3.63, 3.8) is 0 Å². The minimum Gasteiger partial charge on any atom is -0.442 e. The number of hydrogen-bond donors (Lipinski definition) is 1. The number of benzene rings is 1. The summed E-state index contributed by atoms with van der Waals surface area (Å²) in [6, 6.07) is 3.82. The number of nitrogen functional groups attached to an aromatic ring is 1. The lowest BCUT2D eigenvalue weighted by atomic mass is 10.2. The van der Waals surface area contributed by atoms with Gasteiger partial charge in [-0.05, 0) is 6.07 Å². The van der Waals surface area contributed by atoms with Gasteiger partial charge in [0.2, 0.25) is 0 Å². The highest BCUT2D eigenvalue weighted by Crippen LogP contribution is 2.32. The Morgan fingerprint density at radius 3 is 2.53 bits per heavy atom. The van der Waals surface area contributed by atoms with Gasteiger partial charge in [0.1, 0.15) is 11.8 Å². The van der Waals surface area contributed by atoms with Crippen molar-refractivity contribution in [3.8, 4) is 0 Å². The van der Waals surface area contributed by atoms with Gasteiger partial charge in [0.25, 0.3) is 5.56 Å². The van der Waals surface area contributed by atoms with Crippen LogP contribution in [0.25, 0.3) is 11.0 Å². The van der Waals surface area contributed by atoms with Crippen molar-refractivity contribution in [2.24, 2.45) is 0 Å². The molecule has 14 heteroatoms. The lowest BCUT2D eigenvalue weighted by Crippen LogP contribution is -2.30. The lowest BCUT2D eigenvalue weighted by Gasteiger charge is -2.24. The maximum absolute atomic E-state index is 15.3. The summed E-state index contributed by atoms with van der Waals surface area (Å²) < 4.78 is 40.6. The van der Waals surface area contributed by atoms with Crippen LogP contribution >= 0.6 is 0 Å². The van der Waals surface area contributed by atoms with Crippen LogP contribution in [0.2, 0.25) is 0 Å². The Bertz CT molecular complexity index is 1510. The molecule has 0 aliphatic carbocycles. The van der Waals surface area contributed by atoms with Crippen LogP contribution in [0.5, 0.6) is 0 Å². The van der Waals surface area contributed by atoms with E-state index in [-0.39, 0.29) is 49.7 Å². The molecule has 2 aliphatic heterocycles. The van der Waals surface area contributed by atoms with Crippen LogP contribution in [0.3, 0.4) is 0 Å². The summed E-state index contributed by atoms with van der Waals surface area (Å²) in [7, 11) is 0. The highest BCUT2D eigenvalue weighted by molar-refractivity contribution is 5.90. The second-order valence-electron chi connectivity index (χ2n) is 8.68. The minimum absolute atomic E-state index is 0.0601. The summed E-state index contributed by atoms with van der Waals surface area (Å²) in [5.41, 5.74) is 6.22. The van der Waals surface area contributed by atoms with Crippen molar-refractivity contribution in [1.29, 1.82) is 0 Å². The molecule has 1 amide bonds. The first kappa shape index (κ1) is 22.0. The van der Waals surface area contributed by atoms with Crippen LogP contribution in [0.15, 0.2) is 41.6 Å². The number of carbonyl (C=O) groups is 1. The Balaban J connectivity index is 1.23. The van der Waals surface area contributed by atoms with Crippen LogP contribution in [-0.2, 0) is 24.4 Å². The Kier molecular flexibility index (Phi) is 5.09. The number of hydrogen-bond acceptors (Lipinski definition) is 8. The molecule has 186 valence electrons. The van der Waals surface area contributed by atoms with Gasteiger partial charge >= 0.3 is 6.09 Å². The second kappa shape index (κ2) is 8.32. The van der Waals surface area contributed by atoms with Crippen molar-refractivity contribution < 1.29 is 18.3 Å². The third-order valence-corrected chi connectivity index (χ3v) is 6.42. The summed E-state index contributed by atoms with van der Waals surface area (Å²) in [5, 5.41) is 7.95. The standard InChI is InChI=1S/C22H21F2N9O3/c23-17-8-14(31-12-15(36-22(31)35)11-30-2-1-27-28-30)9-18(24)19(17)29-3-5-32-20-16(7-13(25)10-26-20)21(34)33(32)6-4-29/h1-2,7-10,15H,3-6,11-12,25H2/t15-/m0/s1. The van der Waals surface area contributed by atoms with E-state index < -0.39 is 23.8 Å². The van der Waals surface area contributed by atoms with E-state index in [4.69, 9.17) is 10.5 Å². The van der Waals surface area contributed by atoms with E-state index in [9.17, 15) is 9.59 Å². The summed E-state index contributed by atoms with van der Waals surface area (Å²) in [6.45, 7) is 1.33. The van der Waals surface area contributed by atoms with Crippen molar-refractivity contribution in [2.75, 3.05) is 35.2 Å². The molecule has 6 rings (SSSR count). The van der Waals surface area contributed by atoms with Gasteiger partial charge < -0.3 is 15.4 Å². The molecule has 0 unspecified atom stereocenters. The van der Waals surface area contributed by atoms with Gasteiger partial charge in [-0.1, -0.05) is 5.21 Å². The molecule has 2 N–H and O–H groups in total. The first-order valence-electron chi connectivity index (χ1n) is 11.3. The van der Waals surface area contributed by atoms with Gasteiger partial charge in [-0.3, -0.25) is 14.4 Å². The van der Waals surface area contributed by atoms with Crippen molar-refractivity contribution in [2.45, 2.75) is 25.7 Å². The summed E-state index contributed by atoms with van der Waals surface area (Å²) >= 11 is 0. The molecule has 4 aromatic rings. The zero-order valence-electron chi connectivity index (χ0n) is 18.9. The Hall–Kier alpha value is -4.49. The number of anilines is 3. The summed E-state index contributed by atoms with van der Waals surface area (Å²) in [6.07, 6.45) is 3.37. The van der Waals surface area contributed by atoms with Crippen molar-refractivity contribution >= 4 is 34.2 Å². The van der Waals surface area contributed by atoms with E-state index in [0.717, 1.165) is 12.1 Å². The number of rotatable bonds is 4. The number of fused-ring (bicyclic) bond motifs is 3. The molecule has 1 aromatic carbocycles. The van der Waals surface area contributed by atoms with Gasteiger partial charge in [0.05, 0.1) is 55.3 Å². The maximum atomic E-state index is 15.3. The number of aromatic nitrogens is 6. The van der Waals surface area contributed by atoms with Crippen molar-refractivity contribution in [1.82, 2.24) is 29.3 Å². The molecule has 0 saturated carbocycles. The van der Waals surface area contributed by atoms with E-state index >= 15 is 8.78 Å². The molecule has 5 heterocycles. The molecule has 0 bridgehead atoms. The molecule has 3 aromatic heterocycles. The quantitative estimate of drug-likeness (QED) is 0.445. The monoisotopic (exact) mass is 497 g/mol. The molecular weight excluding hydrogens is 476 g/mol. The Labute approximate surface area is 202 Å². The van der Waals surface area contributed by atoms with E-state index in [1.54, 1.807) is 21.8 Å². The van der Waals surface area contributed by atoms with Gasteiger partial charge in [0.15, 0.2) is 17.3 Å².